The summed E-state index contributed by atoms with van der Waals surface area (Å²) in [5.41, 5.74) is -1.71. The van der Waals surface area contributed by atoms with E-state index in [1.807, 2.05) is 0 Å². The Labute approximate surface area is 109 Å². The Morgan fingerprint density at radius 1 is 1.06 bits per heavy atom. The Kier molecular flexibility index (Phi) is 4.21. The van der Waals surface area contributed by atoms with E-state index >= 15 is 0 Å². The van der Waals surface area contributed by atoms with Crippen LogP contribution in [0.3, 0.4) is 0 Å². The predicted octanol–water partition coefficient (Wildman–Crippen LogP) is 4.97. The van der Waals surface area contributed by atoms with E-state index in [4.69, 9.17) is 0 Å². The molecular weight excluding hydrogens is 356 g/mol. The molecule has 1 N–H and O–H groups in total. The Balaban J connectivity index is 3.34. The van der Waals surface area contributed by atoms with E-state index in [9.17, 15) is 22.0 Å². The van der Waals surface area contributed by atoms with Crippen molar-refractivity contribution in [1.29, 1.82) is 0 Å². The Bertz CT molecular complexity index is 402. The first-order valence-corrected chi connectivity index (χ1v) is 5.76. The zero-order valence-electron chi connectivity index (χ0n) is 8.71. The molecule has 0 fully saturated rings. The molecule has 96 valence electrons. The van der Waals surface area contributed by atoms with Gasteiger partial charge < -0.3 is 3.53 Å². The standard InChI is InChI=1S/C10H9F5IN/c1-2-9(11,12)6-3-7(10(13,14)15)5-8(4-6)17-16/h3-5,17H,2H2,1H3. The van der Waals surface area contributed by atoms with Gasteiger partial charge in [-0.2, -0.15) is 13.2 Å². The SMILES string of the molecule is CCC(F)(F)c1cc(NI)cc(C(F)(F)F)c1. The molecule has 1 aromatic carbocycles. The summed E-state index contributed by atoms with van der Waals surface area (Å²) in [5.74, 6) is -3.26. The zero-order chi connectivity index (χ0) is 13.3. The summed E-state index contributed by atoms with van der Waals surface area (Å²) < 4.78 is 66.7. The van der Waals surface area contributed by atoms with Gasteiger partial charge in [-0.3, -0.25) is 0 Å². The van der Waals surface area contributed by atoms with Gasteiger partial charge in [-0.25, -0.2) is 8.78 Å². The summed E-state index contributed by atoms with van der Waals surface area (Å²) in [6.45, 7) is 1.22. The second kappa shape index (κ2) is 4.95. The Morgan fingerprint density at radius 2 is 1.59 bits per heavy atom. The van der Waals surface area contributed by atoms with Gasteiger partial charge in [-0.1, -0.05) is 6.92 Å². The predicted molar refractivity (Wildman–Crippen MR) is 63.3 cm³/mol. The molecule has 0 amide bonds. The topological polar surface area (TPSA) is 12.0 Å². The lowest BCUT2D eigenvalue weighted by atomic mass is 10.0. The Morgan fingerprint density at radius 3 is 2.00 bits per heavy atom. The van der Waals surface area contributed by atoms with Crippen molar-refractivity contribution in [1.82, 2.24) is 0 Å². The molecule has 0 saturated carbocycles. The minimum Gasteiger partial charge on any atom is -0.328 e. The third kappa shape index (κ3) is 3.43. The second-order valence-corrected chi connectivity index (χ2v) is 3.99. The van der Waals surface area contributed by atoms with Crippen LogP contribution in [0.5, 0.6) is 0 Å². The van der Waals surface area contributed by atoms with Crippen molar-refractivity contribution in [3.8, 4) is 0 Å². The molecule has 0 radical (unpaired) electrons. The van der Waals surface area contributed by atoms with Crippen LogP contribution in [0, 0.1) is 0 Å². The van der Waals surface area contributed by atoms with Crippen LogP contribution in [0.25, 0.3) is 0 Å². The molecule has 0 spiro atoms. The van der Waals surface area contributed by atoms with Crippen molar-refractivity contribution in [3.63, 3.8) is 0 Å². The van der Waals surface area contributed by atoms with Crippen LogP contribution in [0.4, 0.5) is 27.6 Å². The molecular formula is C10H9F5IN. The van der Waals surface area contributed by atoms with E-state index in [-0.39, 0.29) is 5.69 Å². The summed E-state index contributed by atoms with van der Waals surface area (Å²) in [5, 5.41) is 0. The molecule has 0 unspecified atom stereocenters. The van der Waals surface area contributed by atoms with Crippen LogP contribution in [-0.2, 0) is 12.1 Å². The van der Waals surface area contributed by atoms with E-state index in [0.717, 1.165) is 12.1 Å². The number of rotatable bonds is 3. The number of hydrogen-bond donors (Lipinski definition) is 1. The minimum absolute atomic E-state index is 0.00329. The highest BCUT2D eigenvalue weighted by Crippen LogP contribution is 2.38. The molecule has 0 aromatic heterocycles. The summed E-state index contributed by atoms with van der Waals surface area (Å²) >= 11 is 1.59. The number of halogens is 6. The largest absolute Gasteiger partial charge is 0.416 e. The molecule has 1 rings (SSSR count). The molecule has 0 heterocycles. The van der Waals surface area contributed by atoms with E-state index in [1.165, 1.54) is 6.92 Å². The van der Waals surface area contributed by atoms with Crippen LogP contribution >= 0.6 is 22.9 Å². The molecule has 17 heavy (non-hydrogen) atoms. The summed E-state index contributed by atoms with van der Waals surface area (Å²) in [6.07, 6.45) is -5.18. The quantitative estimate of drug-likeness (QED) is 0.453. The lowest BCUT2D eigenvalue weighted by Crippen LogP contribution is -2.14. The smallest absolute Gasteiger partial charge is 0.328 e. The first-order valence-electron chi connectivity index (χ1n) is 4.68. The van der Waals surface area contributed by atoms with Crippen molar-refractivity contribution in [2.75, 3.05) is 3.53 Å². The lowest BCUT2D eigenvalue weighted by molar-refractivity contribution is -0.137. The van der Waals surface area contributed by atoms with Gasteiger partial charge in [0.15, 0.2) is 0 Å². The van der Waals surface area contributed by atoms with Crippen molar-refractivity contribution < 1.29 is 22.0 Å². The maximum absolute atomic E-state index is 13.4. The monoisotopic (exact) mass is 365 g/mol. The second-order valence-electron chi connectivity index (χ2n) is 3.45. The third-order valence-corrected chi connectivity index (χ3v) is 2.86. The van der Waals surface area contributed by atoms with Gasteiger partial charge in [-0.05, 0) is 18.2 Å². The van der Waals surface area contributed by atoms with Gasteiger partial charge in [0, 0.05) is 17.7 Å². The first kappa shape index (κ1) is 14.5. The highest BCUT2D eigenvalue weighted by atomic mass is 127. The van der Waals surface area contributed by atoms with Crippen molar-refractivity contribution >= 4 is 28.6 Å². The number of benzene rings is 1. The molecule has 1 aromatic rings. The molecule has 0 aliphatic carbocycles. The number of anilines is 1. The van der Waals surface area contributed by atoms with Crippen LogP contribution in [0.15, 0.2) is 18.2 Å². The lowest BCUT2D eigenvalue weighted by Gasteiger charge is -2.17. The molecule has 0 saturated heterocycles. The highest BCUT2D eigenvalue weighted by molar-refractivity contribution is 14.1. The molecule has 0 atom stereocenters. The van der Waals surface area contributed by atoms with Crippen molar-refractivity contribution in [2.45, 2.75) is 25.4 Å². The van der Waals surface area contributed by atoms with E-state index < -0.39 is 29.6 Å². The maximum Gasteiger partial charge on any atom is 0.416 e. The fraction of sp³-hybridized carbons (Fsp3) is 0.400. The van der Waals surface area contributed by atoms with Gasteiger partial charge in [0.1, 0.15) is 0 Å². The van der Waals surface area contributed by atoms with Crippen molar-refractivity contribution in [3.05, 3.63) is 29.3 Å². The van der Waals surface area contributed by atoms with Crippen LogP contribution in [0.1, 0.15) is 24.5 Å². The molecule has 0 bridgehead atoms. The maximum atomic E-state index is 13.4. The van der Waals surface area contributed by atoms with Crippen molar-refractivity contribution in [2.24, 2.45) is 0 Å². The van der Waals surface area contributed by atoms with Gasteiger partial charge in [-0.15, -0.1) is 0 Å². The number of nitrogens with one attached hydrogen (secondary N) is 1. The van der Waals surface area contributed by atoms with Gasteiger partial charge in [0.2, 0.25) is 0 Å². The van der Waals surface area contributed by atoms with E-state index in [0.29, 0.717) is 6.07 Å². The van der Waals surface area contributed by atoms with E-state index in [2.05, 4.69) is 3.53 Å². The number of alkyl halides is 5. The van der Waals surface area contributed by atoms with Gasteiger partial charge in [0.25, 0.3) is 5.92 Å². The fourth-order valence-electron chi connectivity index (χ4n) is 1.26. The van der Waals surface area contributed by atoms with Gasteiger partial charge in [0.05, 0.1) is 28.4 Å². The van der Waals surface area contributed by atoms with Crippen LogP contribution < -0.4 is 3.53 Å². The van der Waals surface area contributed by atoms with Crippen LogP contribution in [0.2, 0.25) is 0 Å². The average molecular weight is 365 g/mol. The average Bonchev–Trinajstić information content (AvgIpc) is 2.27. The van der Waals surface area contributed by atoms with Crippen LogP contribution in [-0.4, -0.2) is 0 Å². The Hall–Kier alpha value is -0.600. The normalized spacial score (nSPS) is 12.6. The van der Waals surface area contributed by atoms with E-state index in [1.54, 1.807) is 22.9 Å². The number of hydrogen-bond acceptors (Lipinski definition) is 1. The minimum atomic E-state index is -4.64. The fourth-order valence-corrected chi connectivity index (χ4v) is 1.57. The summed E-state index contributed by atoms with van der Waals surface area (Å²) in [4.78, 5) is 0. The summed E-state index contributed by atoms with van der Waals surface area (Å²) in [7, 11) is 0. The summed E-state index contributed by atoms with van der Waals surface area (Å²) in [6, 6.07) is 2.30. The highest BCUT2D eigenvalue weighted by Gasteiger charge is 2.35. The van der Waals surface area contributed by atoms with Gasteiger partial charge >= 0.3 is 6.18 Å². The first-order chi connectivity index (χ1) is 7.70. The zero-order valence-corrected chi connectivity index (χ0v) is 10.9. The molecule has 7 heteroatoms. The molecule has 0 aliphatic heterocycles. The molecule has 0 aliphatic rings. The third-order valence-electron chi connectivity index (χ3n) is 2.24. The molecule has 1 nitrogen and oxygen atoms in total.